The Bertz CT molecular complexity index is 427. The molecule has 1 aromatic rings. The molecule has 0 saturated heterocycles. The van der Waals surface area contributed by atoms with Crippen molar-refractivity contribution in [1.82, 2.24) is 5.32 Å². The fraction of sp³-hybridized carbons (Fsp3) is 0.462. The van der Waals surface area contributed by atoms with Gasteiger partial charge < -0.3 is 16.2 Å². The summed E-state index contributed by atoms with van der Waals surface area (Å²) in [6.07, 6.45) is 1.71. The molecule has 1 saturated carbocycles. The quantitative estimate of drug-likeness (QED) is 0.682. The molecule has 4 N–H and O–H groups in total. The second-order valence-electron chi connectivity index (χ2n) is 4.69. The molecule has 4 nitrogen and oxygen atoms in total. The molecular weight excluding hydrogens is 216 g/mol. The zero-order valence-corrected chi connectivity index (χ0v) is 9.94. The summed E-state index contributed by atoms with van der Waals surface area (Å²) in [4.78, 5) is 11.9. The van der Waals surface area contributed by atoms with Crippen LogP contribution in [0.3, 0.4) is 0 Å². The Kier molecular flexibility index (Phi) is 3.33. The maximum absolute atomic E-state index is 11.9. The highest BCUT2D eigenvalue weighted by Crippen LogP contribution is 2.32. The monoisotopic (exact) mass is 234 g/mol. The summed E-state index contributed by atoms with van der Waals surface area (Å²) >= 11 is 0. The van der Waals surface area contributed by atoms with Gasteiger partial charge in [-0.2, -0.15) is 0 Å². The van der Waals surface area contributed by atoms with Gasteiger partial charge in [-0.25, -0.2) is 0 Å². The predicted molar refractivity (Wildman–Crippen MR) is 66.7 cm³/mol. The van der Waals surface area contributed by atoms with Crippen molar-refractivity contribution in [3.05, 3.63) is 29.3 Å². The van der Waals surface area contributed by atoms with Crippen LogP contribution in [-0.4, -0.2) is 23.7 Å². The van der Waals surface area contributed by atoms with E-state index < -0.39 is 6.10 Å². The van der Waals surface area contributed by atoms with Crippen molar-refractivity contribution < 1.29 is 9.90 Å². The van der Waals surface area contributed by atoms with Crippen LogP contribution in [0.25, 0.3) is 0 Å². The van der Waals surface area contributed by atoms with E-state index in [-0.39, 0.29) is 5.91 Å². The van der Waals surface area contributed by atoms with Crippen molar-refractivity contribution in [1.29, 1.82) is 0 Å². The lowest BCUT2D eigenvalue weighted by Gasteiger charge is -2.12. The number of aliphatic hydroxyl groups is 1. The molecule has 1 aliphatic rings. The molecule has 1 atom stereocenters. The first-order chi connectivity index (χ1) is 8.08. The van der Waals surface area contributed by atoms with Crippen LogP contribution in [0.1, 0.15) is 28.8 Å². The third kappa shape index (κ3) is 2.97. The smallest absolute Gasteiger partial charge is 0.251 e. The largest absolute Gasteiger partial charge is 0.399 e. The lowest BCUT2D eigenvalue weighted by molar-refractivity contribution is 0.0900. The van der Waals surface area contributed by atoms with Crippen LogP contribution >= 0.6 is 0 Å². The van der Waals surface area contributed by atoms with E-state index >= 15 is 0 Å². The van der Waals surface area contributed by atoms with Gasteiger partial charge in [-0.05, 0) is 43.4 Å². The number of hydrogen-bond donors (Lipinski definition) is 3. The minimum absolute atomic E-state index is 0.172. The molecule has 92 valence electrons. The van der Waals surface area contributed by atoms with Gasteiger partial charge in [-0.1, -0.05) is 6.07 Å². The number of anilines is 1. The van der Waals surface area contributed by atoms with E-state index in [2.05, 4.69) is 5.32 Å². The number of amides is 1. The van der Waals surface area contributed by atoms with E-state index in [0.717, 1.165) is 18.4 Å². The van der Waals surface area contributed by atoms with Crippen LogP contribution in [-0.2, 0) is 0 Å². The van der Waals surface area contributed by atoms with Crippen molar-refractivity contribution >= 4 is 11.6 Å². The highest BCUT2D eigenvalue weighted by molar-refractivity contribution is 5.96. The maximum Gasteiger partial charge on any atom is 0.251 e. The van der Waals surface area contributed by atoms with Crippen LogP contribution in [0.5, 0.6) is 0 Å². The number of carbonyl (C=O) groups is 1. The standard InChI is InChI=1S/C13H18N2O2/c1-8-2-5-10(14)6-11(8)13(17)15-7-12(16)9-3-4-9/h2,5-6,9,12,16H,3-4,7,14H2,1H3,(H,15,17). The number of hydrogen-bond acceptors (Lipinski definition) is 3. The van der Waals surface area contributed by atoms with Crippen molar-refractivity contribution in [3.8, 4) is 0 Å². The van der Waals surface area contributed by atoms with Gasteiger partial charge in [0.05, 0.1) is 6.10 Å². The van der Waals surface area contributed by atoms with E-state index in [4.69, 9.17) is 5.73 Å². The van der Waals surface area contributed by atoms with Gasteiger partial charge >= 0.3 is 0 Å². The van der Waals surface area contributed by atoms with Gasteiger partial charge in [0.15, 0.2) is 0 Å². The minimum Gasteiger partial charge on any atom is -0.399 e. The van der Waals surface area contributed by atoms with Crippen molar-refractivity contribution in [2.45, 2.75) is 25.9 Å². The average Bonchev–Trinajstić information content (AvgIpc) is 3.12. The van der Waals surface area contributed by atoms with Gasteiger partial charge in [0.25, 0.3) is 5.91 Å². The molecule has 2 rings (SSSR count). The molecule has 0 heterocycles. The van der Waals surface area contributed by atoms with E-state index in [0.29, 0.717) is 23.7 Å². The number of rotatable bonds is 4. The number of nitrogens with one attached hydrogen (secondary N) is 1. The van der Waals surface area contributed by atoms with E-state index in [9.17, 15) is 9.90 Å². The molecule has 0 aliphatic heterocycles. The molecule has 0 spiro atoms. The molecule has 0 aromatic heterocycles. The SMILES string of the molecule is Cc1ccc(N)cc1C(=O)NCC(O)C1CC1. The van der Waals surface area contributed by atoms with Crippen LogP contribution < -0.4 is 11.1 Å². The highest BCUT2D eigenvalue weighted by Gasteiger charge is 2.29. The zero-order chi connectivity index (χ0) is 12.4. The maximum atomic E-state index is 11.9. The Balaban J connectivity index is 1.96. The Morgan fingerprint density at radius 2 is 2.29 bits per heavy atom. The minimum atomic E-state index is -0.416. The van der Waals surface area contributed by atoms with Gasteiger partial charge in [0.2, 0.25) is 0 Å². The normalized spacial score (nSPS) is 16.6. The summed E-state index contributed by atoms with van der Waals surface area (Å²) in [5.41, 5.74) is 7.69. The first-order valence-corrected chi connectivity index (χ1v) is 5.90. The number of benzene rings is 1. The molecule has 0 bridgehead atoms. The molecule has 1 amide bonds. The molecular formula is C13H18N2O2. The molecule has 1 unspecified atom stereocenters. The van der Waals surface area contributed by atoms with Gasteiger partial charge in [0, 0.05) is 17.8 Å². The van der Waals surface area contributed by atoms with Crippen molar-refractivity contribution in [2.75, 3.05) is 12.3 Å². The third-order valence-corrected chi connectivity index (χ3v) is 3.14. The number of aryl methyl sites for hydroxylation is 1. The first-order valence-electron chi connectivity index (χ1n) is 5.90. The summed E-state index contributed by atoms with van der Waals surface area (Å²) < 4.78 is 0. The highest BCUT2D eigenvalue weighted by atomic mass is 16.3. The van der Waals surface area contributed by atoms with Crippen molar-refractivity contribution in [2.24, 2.45) is 5.92 Å². The second kappa shape index (κ2) is 4.75. The van der Waals surface area contributed by atoms with E-state index in [1.165, 1.54) is 0 Å². The van der Waals surface area contributed by atoms with Gasteiger partial charge in [-0.15, -0.1) is 0 Å². The van der Waals surface area contributed by atoms with Crippen LogP contribution in [0, 0.1) is 12.8 Å². The average molecular weight is 234 g/mol. The number of carbonyl (C=O) groups excluding carboxylic acids is 1. The van der Waals surface area contributed by atoms with Crippen LogP contribution in [0.2, 0.25) is 0 Å². The molecule has 1 aliphatic carbocycles. The summed E-state index contributed by atoms with van der Waals surface area (Å²) in [5, 5.41) is 12.4. The zero-order valence-electron chi connectivity index (χ0n) is 9.94. The van der Waals surface area contributed by atoms with Crippen LogP contribution in [0.4, 0.5) is 5.69 Å². The molecule has 4 heteroatoms. The summed E-state index contributed by atoms with van der Waals surface area (Å²) in [7, 11) is 0. The van der Waals surface area contributed by atoms with Gasteiger partial charge in [0.1, 0.15) is 0 Å². The number of aliphatic hydroxyl groups excluding tert-OH is 1. The fourth-order valence-corrected chi connectivity index (χ4v) is 1.82. The predicted octanol–water partition coefficient (Wildman–Crippen LogP) is 1.08. The molecule has 17 heavy (non-hydrogen) atoms. The van der Waals surface area contributed by atoms with E-state index in [1.807, 2.05) is 13.0 Å². The topological polar surface area (TPSA) is 75.4 Å². The third-order valence-electron chi connectivity index (χ3n) is 3.14. The fourth-order valence-electron chi connectivity index (χ4n) is 1.82. The summed E-state index contributed by atoms with van der Waals surface area (Å²) in [5.74, 6) is 0.201. The summed E-state index contributed by atoms with van der Waals surface area (Å²) in [6.45, 7) is 2.18. The molecule has 0 radical (unpaired) electrons. The Hall–Kier alpha value is -1.55. The molecule has 1 aromatic carbocycles. The Morgan fingerprint density at radius 1 is 1.59 bits per heavy atom. The number of nitrogen functional groups attached to an aromatic ring is 1. The van der Waals surface area contributed by atoms with E-state index in [1.54, 1.807) is 12.1 Å². The lowest BCUT2D eigenvalue weighted by Crippen LogP contribution is -2.33. The number of nitrogens with two attached hydrogens (primary N) is 1. The van der Waals surface area contributed by atoms with Gasteiger partial charge in [-0.3, -0.25) is 4.79 Å². The Morgan fingerprint density at radius 3 is 2.94 bits per heavy atom. The molecule has 1 fully saturated rings. The van der Waals surface area contributed by atoms with Crippen molar-refractivity contribution in [3.63, 3.8) is 0 Å². The Labute approximate surface area is 101 Å². The second-order valence-corrected chi connectivity index (χ2v) is 4.69. The summed E-state index contributed by atoms with van der Waals surface area (Å²) in [6, 6.07) is 5.25. The first kappa shape index (κ1) is 11.9. The lowest BCUT2D eigenvalue weighted by atomic mass is 10.1. The van der Waals surface area contributed by atoms with Crippen LogP contribution in [0.15, 0.2) is 18.2 Å².